The molecule has 0 N–H and O–H groups in total. The zero-order valence-electron chi connectivity index (χ0n) is 7.40. The minimum Gasteiger partial charge on any atom is -0.272 e. The van der Waals surface area contributed by atoms with Crippen molar-refractivity contribution >= 4 is 11.6 Å². The van der Waals surface area contributed by atoms with E-state index in [4.69, 9.17) is 11.6 Å². The first-order valence-corrected chi connectivity index (χ1v) is 4.26. The summed E-state index contributed by atoms with van der Waals surface area (Å²) in [6.07, 6.45) is 3.58. The monoisotopic (exact) mass is 196 g/mol. The van der Waals surface area contributed by atoms with E-state index >= 15 is 0 Å². The van der Waals surface area contributed by atoms with E-state index in [1.54, 1.807) is 15.6 Å². The molecule has 68 valence electrons. The van der Waals surface area contributed by atoms with Gasteiger partial charge in [-0.25, -0.2) is 4.68 Å². The van der Waals surface area contributed by atoms with Crippen LogP contribution < -0.4 is 0 Å². The molecule has 0 bridgehead atoms. The van der Waals surface area contributed by atoms with Crippen LogP contribution in [-0.2, 0) is 7.05 Å². The van der Waals surface area contributed by atoms with Crippen molar-refractivity contribution in [3.05, 3.63) is 29.2 Å². The number of aryl methyl sites for hydroxylation is 2. The van der Waals surface area contributed by atoms with Gasteiger partial charge in [-0.2, -0.15) is 10.2 Å². The van der Waals surface area contributed by atoms with Crippen molar-refractivity contribution in [1.29, 1.82) is 0 Å². The lowest BCUT2D eigenvalue weighted by molar-refractivity contribution is 0.729. The van der Waals surface area contributed by atoms with Crippen molar-refractivity contribution in [2.24, 2.45) is 7.05 Å². The fourth-order valence-electron chi connectivity index (χ4n) is 1.14. The second-order valence-corrected chi connectivity index (χ2v) is 3.28. The number of hydrogen-bond acceptors (Lipinski definition) is 2. The summed E-state index contributed by atoms with van der Waals surface area (Å²) in [6, 6.07) is 1.91. The van der Waals surface area contributed by atoms with E-state index in [2.05, 4.69) is 10.2 Å². The smallest absolute Gasteiger partial charge is 0.193 e. The van der Waals surface area contributed by atoms with Gasteiger partial charge in [0.1, 0.15) is 5.02 Å². The van der Waals surface area contributed by atoms with Crippen LogP contribution >= 0.6 is 11.6 Å². The molecular weight excluding hydrogens is 188 g/mol. The Hall–Kier alpha value is -1.29. The zero-order chi connectivity index (χ0) is 9.42. The highest BCUT2D eigenvalue weighted by Gasteiger charge is 2.07. The van der Waals surface area contributed by atoms with Crippen molar-refractivity contribution in [2.75, 3.05) is 0 Å². The molecule has 2 heterocycles. The maximum Gasteiger partial charge on any atom is 0.193 e. The summed E-state index contributed by atoms with van der Waals surface area (Å²) in [5, 5.41) is 8.99. The molecule has 2 aromatic rings. The number of halogens is 1. The highest BCUT2D eigenvalue weighted by Crippen LogP contribution is 2.16. The first-order chi connectivity index (χ1) is 6.16. The van der Waals surface area contributed by atoms with E-state index in [9.17, 15) is 0 Å². The second-order valence-electron chi connectivity index (χ2n) is 2.88. The van der Waals surface area contributed by atoms with Gasteiger partial charge >= 0.3 is 0 Å². The highest BCUT2D eigenvalue weighted by molar-refractivity contribution is 6.32. The van der Waals surface area contributed by atoms with E-state index in [0.29, 0.717) is 10.8 Å². The van der Waals surface area contributed by atoms with Crippen LogP contribution in [0.15, 0.2) is 18.5 Å². The summed E-state index contributed by atoms with van der Waals surface area (Å²) >= 11 is 5.94. The highest BCUT2D eigenvalue weighted by atomic mass is 35.5. The third-order valence-electron chi connectivity index (χ3n) is 1.71. The Morgan fingerprint density at radius 1 is 1.38 bits per heavy atom. The molecule has 0 atom stereocenters. The molecule has 2 rings (SSSR count). The van der Waals surface area contributed by atoms with Crippen LogP contribution in [0.5, 0.6) is 0 Å². The average Bonchev–Trinajstić information content (AvgIpc) is 2.58. The lowest BCUT2D eigenvalue weighted by atomic mass is 10.5. The SMILES string of the molecule is Cc1ccn(-c2nn(C)cc2Cl)n1. The Morgan fingerprint density at radius 2 is 2.15 bits per heavy atom. The topological polar surface area (TPSA) is 35.6 Å². The maximum absolute atomic E-state index is 5.94. The first kappa shape index (κ1) is 8.31. The second kappa shape index (κ2) is 2.88. The molecule has 4 nitrogen and oxygen atoms in total. The molecule has 13 heavy (non-hydrogen) atoms. The number of hydrogen-bond donors (Lipinski definition) is 0. The Balaban J connectivity index is 2.51. The van der Waals surface area contributed by atoms with Gasteiger partial charge in [-0.1, -0.05) is 11.6 Å². The fourth-order valence-corrected chi connectivity index (χ4v) is 1.40. The molecule has 0 unspecified atom stereocenters. The van der Waals surface area contributed by atoms with Gasteiger partial charge in [0, 0.05) is 19.4 Å². The normalized spacial score (nSPS) is 10.7. The molecule has 0 aliphatic heterocycles. The lowest BCUT2D eigenvalue weighted by Crippen LogP contribution is -1.98. The van der Waals surface area contributed by atoms with Crippen LogP contribution in [-0.4, -0.2) is 19.6 Å². The van der Waals surface area contributed by atoms with Crippen molar-refractivity contribution < 1.29 is 0 Å². The van der Waals surface area contributed by atoms with Gasteiger partial charge in [0.2, 0.25) is 0 Å². The third-order valence-corrected chi connectivity index (χ3v) is 1.97. The molecule has 0 aliphatic carbocycles. The summed E-state index contributed by atoms with van der Waals surface area (Å²) < 4.78 is 3.33. The summed E-state index contributed by atoms with van der Waals surface area (Å²) in [6.45, 7) is 1.92. The minimum atomic E-state index is 0.602. The Kier molecular flexibility index (Phi) is 1.84. The molecule has 0 aromatic carbocycles. The molecule has 0 radical (unpaired) electrons. The molecule has 5 heteroatoms. The third kappa shape index (κ3) is 1.45. The van der Waals surface area contributed by atoms with Crippen molar-refractivity contribution in [2.45, 2.75) is 6.92 Å². The maximum atomic E-state index is 5.94. The van der Waals surface area contributed by atoms with Gasteiger partial charge in [-0.05, 0) is 13.0 Å². The van der Waals surface area contributed by atoms with Crippen LogP contribution in [0.2, 0.25) is 5.02 Å². The Bertz CT molecular complexity index is 429. The molecule has 0 saturated heterocycles. The van der Waals surface area contributed by atoms with Crippen LogP contribution in [0.4, 0.5) is 0 Å². The largest absolute Gasteiger partial charge is 0.272 e. The van der Waals surface area contributed by atoms with Gasteiger partial charge in [0.15, 0.2) is 5.82 Å². The van der Waals surface area contributed by atoms with Crippen LogP contribution in [0, 0.1) is 6.92 Å². The number of rotatable bonds is 1. The quantitative estimate of drug-likeness (QED) is 0.694. The van der Waals surface area contributed by atoms with E-state index in [1.807, 2.05) is 26.2 Å². The summed E-state index contributed by atoms with van der Waals surface area (Å²) in [4.78, 5) is 0. The van der Waals surface area contributed by atoms with Crippen LogP contribution in [0.3, 0.4) is 0 Å². The fraction of sp³-hybridized carbons (Fsp3) is 0.250. The first-order valence-electron chi connectivity index (χ1n) is 3.88. The summed E-state index contributed by atoms with van der Waals surface area (Å²) in [5.74, 6) is 0.664. The van der Waals surface area contributed by atoms with Crippen molar-refractivity contribution in [3.8, 4) is 5.82 Å². The van der Waals surface area contributed by atoms with Crippen LogP contribution in [0.1, 0.15) is 5.69 Å². The number of nitrogens with zero attached hydrogens (tertiary/aromatic N) is 4. The van der Waals surface area contributed by atoms with Crippen molar-refractivity contribution in [3.63, 3.8) is 0 Å². The molecule has 0 saturated carbocycles. The van der Waals surface area contributed by atoms with Gasteiger partial charge in [-0.3, -0.25) is 4.68 Å². The molecule has 0 spiro atoms. The molecule has 0 fully saturated rings. The minimum absolute atomic E-state index is 0.602. The van der Waals surface area contributed by atoms with E-state index in [0.717, 1.165) is 5.69 Å². The summed E-state index contributed by atoms with van der Waals surface area (Å²) in [7, 11) is 1.83. The standard InChI is InChI=1S/C8H9ClN4/c1-6-3-4-13(10-6)8-7(9)5-12(2)11-8/h3-5H,1-2H3. The number of aromatic nitrogens is 4. The zero-order valence-corrected chi connectivity index (χ0v) is 8.15. The Morgan fingerprint density at radius 3 is 2.62 bits per heavy atom. The molecule has 0 aliphatic rings. The van der Waals surface area contributed by atoms with Gasteiger partial charge in [0.05, 0.1) is 5.69 Å². The van der Waals surface area contributed by atoms with Crippen LogP contribution in [0.25, 0.3) is 5.82 Å². The van der Waals surface area contributed by atoms with Gasteiger partial charge < -0.3 is 0 Å². The van der Waals surface area contributed by atoms with Gasteiger partial charge in [-0.15, -0.1) is 0 Å². The lowest BCUT2D eigenvalue weighted by Gasteiger charge is -1.94. The Labute approximate surface area is 80.7 Å². The molecular formula is C8H9ClN4. The van der Waals surface area contributed by atoms with E-state index in [-0.39, 0.29) is 0 Å². The summed E-state index contributed by atoms with van der Waals surface area (Å²) in [5.41, 5.74) is 0.946. The predicted octanol–water partition coefficient (Wildman–Crippen LogP) is 1.57. The van der Waals surface area contributed by atoms with E-state index < -0.39 is 0 Å². The van der Waals surface area contributed by atoms with Gasteiger partial charge in [0.25, 0.3) is 0 Å². The van der Waals surface area contributed by atoms with Crippen molar-refractivity contribution in [1.82, 2.24) is 19.6 Å². The molecule has 2 aromatic heterocycles. The predicted molar refractivity (Wildman–Crippen MR) is 50.1 cm³/mol. The van der Waals surface area contributed by atoms with E-state index in [1.165, 1.54) is 0 Å². The molecule has 0 amide bonds. The average molecular weight is 197 g/mol.